The first-order valence-electron chi connectivity index (χ1n) is 8.59. The smallest absolute Gasteiger partial charge is 0.320 e. The number of piperazine rings is 1. The molecule has 5 heteroatoms. The highest BCUT2D eigenvalue weighted by Gasteiger charge is 2.34. The van der Waals surface area contributed by atoms with E-state index in [0.29, 0.717) is 6.54 Å². The Morgan fingerprint density at radius 3 is 2.58 bits per heavy atom. The van der Waals surface area contributed by atoms with Crippen molar-refractivity contribution in [1.82, 2.24) is 9.80 Å². The topological polar surface area (TPSA) is 58.8 Å². The van der Waals surface area contributed by atoms with Gasteiger partial charge in [-0.05, 0) is 52.3 Å². The van der Waals surface area contributed by atoms with Crippen LogP contribution in [0.5, 0.6) is 0 Å². The lowest BCUT2D eigenvalue weighted by Gasteiger charge is -2.47. The van der Waals surface area contributed by atoms with Gasteiger partial charge in [-0.2, -0.15) is 0 Å². The van der Waals surface area contributed by atoms with Gasteiger partial charge in [0.2, 0.25) is 0 Å². The van der Waals surface area contributed by atoms with Crippen molar-refractivity contribution in [2.24, 2.45) is 0 Å². The number of nitrogens with zero attached hydrogens (tertiary/aromatic N) is 2. The van der Waals surface area contributed by atoms with Crippen molar-refractivity contribution in [2.75, 3.05) is 31.9 Å². The Morgan fingerprint density at radius 1 is 1.29 bits per heavy atom. The van der Waals surface area contributed by atoms with E-state index in [4.69, 9.17) is 10.5 Å². The van der Waals surface area contributed by atoms with Gasteiger partial charge in [-0.25, -0.2) is 0 Å². The Bertz CT molecular complexity index is 578. The van der Waals surface area contributed by atoms with E-state index in [1.807, 2.05) is 39.0 Å². The summed E-state index contributed by atoms with van der Waals surface area (Å²) in [4.78, 5) is 16.7. The van der Waals surface area contributed by atoms with Crippen LogP contribution in [0.3, 0.4) is 0 Å². The van der Waals surface area contributed by atoms with Crippen LogP contribution in [0.25, 0.3) is 0 Å². The molecule has 1 heterocycles. The molecule has 0 aliphatic carbocycles. The minimum Gasteiger partial charge on any atom is -0.459 e. The van der Waals surface area contributed by atoms with E-state index >= 15 is 0 Å². The molecule has 1 aromatic rings. The first-order valence-corrected chi connectivity index (χ1v) is 8.59. The highest BCUT2D eigenvalue weighted by molar-refractivity contribution is 5.72. The Kier molecular flexibility index (Phi) is 5.56. The first-order chi connectivity index (χ1) is 11.0. The molecule has 1 aliphatic heterocycles. The summed E-state index contributed by atoms with van der Waals surface area (Å²) in [6, 6.07) is 8.05. The summed E-state index contributed by atoms with van der Waals surface area (Å²) in [5.74, 6) is -0.150. The van der Waals surface area contributed by atoms with Gasteiger partial charge >= 0.3 is 5.97 Å². The lowest BCUT2D eigenvalue weighted by Crippen LogP contribution is -2.59. The molecule has 0 spiro atoms. The van der Waals surface area contributed by atoms with Gasteiger partial charge in [-0.15, -0.1) is 0 Å². The summed E-state index contributed by atoms with van der Waals surface area (Å²) in [5.41, 5.74) is 7.47. The summed E-state index contributed by atoms with van der Waals surface area (Å²) in [7, 11) is 0. The zero-order chi connectivity index (χ0) is 18.0. The van der Waals surface area contributed by atoms with Gasteiger partial charge in [0.25, 0.3) is 0 Å². The van der Waals surface area contributed by atoms with Gasteiger partial charge in [0.15, 0.2) is 0 Å². The second-order valence-electron chi connectivity index (χ2n) is 8.28. The van der Waals surface area contributed by atoms with E-state index in [1.54, 1.807) is 0 Å². The van der Waals surface area contributed by atoms with Crippen molar-refractivity contribution in [3.63, 3.8) is 0 Å². The number of esters is 1. The number of hydrogen-bond donors (Lipinski definition) is 1. The monoisotopic (exact) mass is 333 g/mol. The molecule has 1 saturated heterocycles. The quantitative estimate of drug-likeness (QED) is 0.678. The van der Waals surface area contributed by atoms with E-state index in [2.05, 4.69) is 29.7 Å². The summed E-state index contributed by atoms with van der Waals surface area (Å²) < 4.78 is 5.44. The Balaban J connectivity index is 1.93. The van der Waals surface area contributed by atoms with Crippen LogP contribution in [0.1, 0.15) is 40.2 Å². The predicted octanol–water partition coefficient (Wildman–Crippen LogP) is 2.51. The molecule has 1 aromatic carbocycles. The number of hydrogen-bond acceptors (Lipinski definition) is 5. The second kappa shape index (κ2) is 7.11. The highest BCUT2D eigenvalue weighted by Crippen LogP contribution is 2.24. The third-order valence-electron chi connectivity index (χ3n) is 4.25. The van der Waals surface area contributed by atoms with E-state index in [-0.39, 0.29) is 11.5 Å². The van der Waals surface area contributed by atoms with E-state index in [0.717, 1.165) is 31.9 Å². The van der Waals surface area contributed by atoms with Gasteiger partial charge in [-0.3, -0.25) is 14.6 Å². The van der Waals surface area contributed by atoms with Crippen molar-refractivity contribution in [3.8, 4) is 0 Å². The number of rotatable bonds is 4. The standard InChI is InChI=1S/C19H31N3O2/c1-18(2,3)24-17(23)13-21-9-10-22(19(4,5)14-21)12-15-7-6-8-16(20)11-15/h6-8,11H,9-10,12-14,20H2,1-5H3. The zero-order valence-electron chi connectivity index (χ0n) is 15.6. The molecular formula is C19H31N3O2. The van der Waals surface area contributed by atoms with Crippen LogP contribution >= 0.6 is 0 Å². The minimum atomic E-state index is -0.429. The fraction of sp³-hybridized carbons (Fsp3) is 0.632. The van der Waals surface area contributed by atoms with Crippen LogP contribution in [0.4, 0.5) is 5.69 Å². The molecule has 24 heavy (non-hydrogen) atoms. The first kappa shape index (κ1) is 18.7. The number of anilines is 1. The molecule has 5 nitrogen and oxygen atoms in total. The van der Waals surface area contributed by atoms with E-state index in [1.165, 1.54) is 5.56 Å². The van der Waals surface area contributed by atoms with Crippen molar-refractivity contribution in [3.05, 3.63) is 29.8 Å². The average molecular weight is 333 g/mol. The Hall–Kier alpha value is -1.59. The molecule has 1 aliphatic rings. The molecular weight excluding hydrogens is 302 g/mol. The third-order valence-corrected chi connectivity index (χ3v) is 4.25. The maximum absolute atomic E-state index is 12.1. The normalized spacial score (nSPS) is 19.2. The summed E-state index contributed by atoms with van der Waals surface area (Å²) in [6.45, 7) is 14.0. The SMILES string of the molecule is CC(C)(C)OC(=O)CN1CCN(Cc2cccc(N)c2)C(C)(C)C1. The number of nitrogen functional groups attached to an aromatic ring is 1. The summed E-state index contributed by atoms with van der Waals surface area (Å²) in [6.07, 6.45) is 0. The molecule has 0 amide bonds. The van der Waals surface area contributed by atoms with Crippen molar-refractivity contribution >= 4 is 11.7 Å². The number of ether oxygens (including phenoxy) is 1. The van der Waals surface area contributed by atoms with Crippen LogP contribution < -0.4 is 5.73 Å². The van der Waals surface area contributed by atoms with Gasteiger partial charge in [0.1, 0.15) is 5.60 Å². The van der Waals surface area contributed by atoms with Gasteiger partial charge in [0.05, 0.1) is 6.54 Å². The largest absolute Gasteiger partial charge is 0.459 e. The van der Waals surface area contributed by atoms with Gasteiger partial charge < -0.3 is 10.5 Å². The molecule has 134 valence electrons. The van der Waals surface area contributed by atoms with Gasteiger partial charge in [0, 0.05) is 37.4 Å². The molecule has 1 fully saturated rings. The van der Waals surface area contributed by atoms with Crippen LogP contribution in [0.15, 0.2) is 24.3 Å². The van der Waals surface area contributed by atoms with Crippen molar-refractivity contribution in [2.45, 2.75) is 52.3 Å². The molecule has 0 radical (unpaired) electrons. The zero-order valence-corrected chi connectivity index (χ0v) is 15.6. The van der Waals surface area contributed by atoms with Crippen LogP contribution in [-0.2, 0) is 16.1 Å². The fourth-order valence-corrected chi connectivity index (χ4v) is 3.19. The second-order valence-corrected chi connectivity index (χ2v) is 8.28. The van der Waals surface area contributed by atoms with Crippen LogP contribution in [-0.4, -0.2) is 53.1 Å². The highest BCUT2D eigenvalue weighted by atomic mass is 16.6. The predicted molar refractivity (Wildman–Crippen MR) is 97.6 cm³/mol. The lowest BCUT2D eigenvalue weighted by molar-refractivity contribution is -0.157. The Morgan fingerprint density at radius 2 is 2.00 bits per heavy atom. The molecule has 0 atom stereocenters. The molecule has 0 saturated carbocycles. The minimum absolute atomic E-state index is 0.00906. The van der Waals surface area contributed by atoms with Crippen LogP contribution in [0, 0.1) is 0 Å². The molecule has 0 unspecified atom stereocenters. The number of benzene rings is 1. The average Bonchev–Trinajstić information content (AvgIpc) is 2.39. The fourth-order valence-electron chi connectivity index (χ4n) is 3.19. The van der Waals surface area contributed by atoms with Crippen LogP contribution in [0.2, 0.25) is 0 Å². The molecule has 2 N–H and O–H groups in total. The van der Waals surface area contributed by atoms with Gasteiger partial charge in [-0.1, -0.05) is 12.1 Å². The number of carbonyl (C=O) groups is 1. The molecule has 0 aromatic heterocycles. The summed E-state index contributed by atoms with van der Waals surface area (Å²) in [5, 5.41) is 0. The van der Waals surface area contributed by atoms with E-state index in [9.17, 15) is 4.79 Å². The lowest BCUT2D eigenvalue weighted by atomic mass is 9.97. The van der Waals surface area contributed by atoms with E-state index < -0.39 is 5.60 Å². The third kappa shape index (κ3) is 5.49. The van der Waals surface area contributed by atoms with Crippen molar-refractivity contribution in [1.29, 1.82) is 0 Å². The maximum Gasteiger partial charge on any atom is 0.320 e. The maximum atomic E-state index is 12.1. The summed E-state index contributed by atoms with van der Waals surface area (Å²) >= 11 is 0. The number of nitrogens with two attached hydrogens (primary N) is 1. The molecule has 0 bridgehead atoms. The number of carbonyl (C=O) groups excluding carboxylic acids is 1. The molecule has 2 rings (SSSR count). The van der Waals surface area contributed by atoms with Crippen molar-refractivity contribution < 1.29 is 9.53 Å². The Labute approximate surface area is 145 Å².